The number of hydrogen-bond acceptors (Lipinski definition) is 3. The fourth-order valence-electron chi connectivity index (χ4n) is 4.74. The van der Waals surface area contributed by atoms with E-state index < -0.39 is 0 Å². The van der Waals surface area contributed by atoms with Crippen LogP contribution in [0.5, 0.6) is 0 Å². The van der Waals surface area contributed by atoms with Crippen molar-refractivity contribution in [2.24, 2.45) is 5.92 Å². The van der Waals surface area contributed by atoms with Crippen molar-refractivity contribution in [1.29, 1.82) is 0 Å². The molecule has 1 aromatic heterocycles. The van der Waals surface area contributed by atoms with Gasteiger partial charge in [0.15, 0.2) is 0 Å². The SMILES string of the molecule is Cc1ccc(C(=O)Nc2c(C(c3ccc(Cl)cc3)N3CCC(C)CC3)oc3ccccc23)cc1. The average Bonchev–Trinajstić information content (AvgIpc) is 3.20. The van der Waals surface area contributed by atoms with Crippen LogP contribution in [0.2, 0.25) is 5.02 Å². The predicted octanol–water partition coefficient (Wildman–Crippen LogP) is 7.47. The maximum Gasteiger partial charge on any atom is 0.255 e. The van der Waals surface area contributed by atoms with Crippen LogP contribution < -0.4 is 5.32 Å². The summed E-state index contributed by atoms with van der Waals surface area (Å²) in [6, 6.07) is 23.4. The van der Waals surface area contributed by atoms with Gasteiger partial charge in [0.25, 0.3) is 5.91 Å². The molecular weight excluding hydrogens is 444 g/mol. The van der Waals surface area contributed by atoms with Gasteiger partial charge in [-0.25, -0.2) is 0 Å². The van der Waals surface area contributed by atoms with Crippen molar-refractivity contribution in [3.63, 3.8) is 0 Å². The smallest absolute Gasteiger partial charge is 0.255 e. The van der Waals surface area contributed by atoms with Crippen molar-refractivity contribution in [2.45, 2.75) is 32.7 Å². The molecule has 1 fully saturated rings. The van der Waals surface area contributed by atoms with Gasteiger partial charge in [-0.2, -0.15) is 0 Å². The third kappa shape index (κ3) is 4.61. The lowest BCUT2D eigenvalue weighted by molar-refractivity contribution is 0.102. The first-order valence-electron chi connectivity index (χ1n) is 11.9. The molecule has 4 aromatic rings. The second-order valence-electron chi connectivity index (χ2n) is 9.33. The Morgan fingerprint density at radius 1 is 1.00 bits per heavy atom. The fourth-order valence-corrected chi connectivity index (χ4v) is 4.86. The number of fused-ring (bicyclic) bond motifs is 1. The Labute approximate surface area is 205 Å². The third-order valence-corrected chi connectivity index (χ3v) is 7.04. The first-order valence-corrected chi connectivity index (χ1v) is 12.3. The molecule has 5 rings (SSSR count). The van der Waals surface area contributed by atoms with Crippen LogP contribution in [0.15, 0.2) is 77.2 Å². The molecule has 34 heavy (non-hydrogen) atoms. The van der Waals surface area contributed by atoms with E-state index in [0.717, 1.165) is 59.5 Å². The predicted molar refractivity (Wildman–Crippen MR) is 139 cm³/mol. The van der Waals surface area contributed by atoms with Gasteiger partial charge in [-0.3, -0.25) is 9.69 Å². The molecule has 174 valence electrons. The highest BCUT2D eigenvalue weighted by molar-refractivity contribution is 6.30. The summed E-state index contributed by atoms with van der Waals surface area (Å²) in [6.45, 7) is 6.26. The first-order chi connectivity index (χ1) is 16.5. The number of anilines is 1. The standard InChI is InChI=1S/C29H29ClN2O2/c1-19-7-9-22(10-8-19)29(33)31-26-24-5-3-4-6-25(24)34-28(26)27(21-11-13-23(30)14-12-21)32-17-15-20(2)16-18-32/h3-14,20,27H,15-18H2,1-2H3,(H,31,33). The normalized spacial score (nSPS) is 16.0. The first kappa shape index (κ1) is 22.7. The fraction of sp³-hybridized carbons (Fsp3) is 0.276. The monoisotopic (exact) mass is 472 g/mol. The molecule has 1 amide bonds. The number of hydrogen-bond donors (Lipinski definition) is 1. The van der Waals surface area contributed by atoms with Crippen LogP contribution in [0.3, 0.4) is 0 Å². The lowest BCUT2D eigenvalue weighted by atomic mass is 9.94. The molecule has 1 aliphatic rings. The number of carbonyl (C=O) groups excluding carboxylic acids is 1. The molecule has 4 nitrogen and oxygen atoms in total. The van der Waals surface area contributed by atoms with Gasteiger partial charge in [-0.15, -0.1) is 0 Å². The number of furan rings is 1. The molecule has 1 saturated heterocycles. The summed E-state index contributed by atoms with van der Waals surface area (Å²) in [6.07, 6.45) is 2.27. The summed E-state index contributed by atoms with van der Waals surface area (Å²) in [5.74, 6) is 1.33. The maximum atomic E-state index is 13.3. The van der Waals surface area contributed by atoms with Gasteiger partial charge >= 0.3 is 0 Å². The lowest BCUT2D eigenvalue weighted by Gasteiger charge is -2.36. The minimum absolute atomic E-state index is 0.120. The van der Waals surface area contributed by atoms with Gasteiger partial charge in [-0.1, -0.05) is 60.5 Å². The largest absolute Gasteiger partial charge is 0.457 e. The lowest BCUT2D eigenvalue weighted by Crippen LogP contribution is -2.37. The number of carbonyl (C=O) groups is 1. The molecule has 2 heterocycles. The Morgan fingerprint density at radius 3 is 2.38 bits per heavy atom. The van der Waals surface area contributed by atoms with E-state index in [1.807, 2.05) is 67.6 Å². The molecule has 1 atom stereocenters. The van der Waals surface area contributed by atoms with E-state index in [2.05, 4.69) is 29.3 Å². The van der Waals surface area contributed by atoms with Crippen molar-refractivity contribution >= 4 is 34.2 Å². The topological polar surface area (TPSA) is 45.5 Å². The highest BCUT2D eigenvalue weighted by Crippen LogP contribution is 2.42. The molecule has 0 aliphatic carbocycles. The number of halogens is 1. The number of nitrogens with zero attached hydrogens (tertiary/aromatic N) is 1. The number of aryl methyl sites for hydroxylation is 1. The number of para-hydroxylation sites is 1. The van der Waals surface area contributed by atoms with Crippen LogP contribution in [0.1, 0.15) is 53.1 Å². The number of nitrogens with one attached hydrogen (secondary N) is 1. The summed E-state index contributed by atoms with van der Waals surface area (Å²) in [7, 11) is 0. The Bertz CT molecular complexity index is 1290. The van der Waals surface area contributed by atoms with Gasteiger partial charge in [0.2, 0.25) is 0 Å². The van der Waals surface area contributed by atoms with Gasteiger partial charge < -0.3 is 9.73 Å². The highest BCUT2D eigenvalue weighted by Gasteiger charge is 2.32. The molecule has 1 unspecified atom stereocenters. The molecule has 0 spiro atoms. The summed E-state index contributed by atoms with van der Waals surface area (Å²) >= 11 is 6.22. The number of amides is 1. The van der Waals surface area contributed by atoms with Gasteiger partial charge in [-0.05, 0) is 80.7 Å². The molecule has 1 aliphatic heterocycles. The number of likely N-dealkylation sites (tertiary alicyclic amines) is 1. The molecule has 1 N–H and O–H groups in total. The van der Waals surface area contributed by atoms with Crippen LogP contribution in [-0.4, -0.2) is 23.9 Å². The second kappa shape index (κ2) is 9.65. The van der Waals surface area contributed by atoms with Crippen LogP contribution in [-0.2, 0) is 0 Å². The Balaban J connectivity index is 1.61. The van der Waals surface area contributed by atoms with Crippen molar-refractivity contribution in [2.75, 3.05) is 18.4 Å². The molecule has 3 aromatic carbocycles. The molecule has 0 radical (unpaired) electrons. The zero-order valence-corrected chi connectivity index (χ0v) is 20.3. The van der Waals surface area contributed by atoms with Crippen molar-refractivity contribution in [3.8, 4) is 0 Å². The van der Waals surface area contributed by atoms with Crippen LogP contribution in [0.25, 0.3) is 11.0 Å². The highest BCUT2D eigenvalue weighted by atomic mass is 35.5. The van der Waals surface area contributed by atoms with E-state index in [0.29, 0.717) is 16.5 Å². The molecule has 0 bridgehead atoms. The molecular formula is C29H29ClN2O2. The Hall–Kier alpha value is -3.08. The van der Waals surface area contributed by atoms with E-state index in [4.69, 9.17) is 16.0 Å². The van der Waals surface area contributed by atoms with E-state index in [1.165, 1.54) is 0 Å². The number of rotatable bonds is 5. The summed E-state index contributed by atoms with van der Waals surface area (Å²) in [5, 5.41) is 4.80. The molecule has 0 saturated carbocycles. The summed E-state index contributed by atoms with van der Waals surface area (Å²) in [5.41, 5.74) is 4.34. The van der Waals surface area contributed by atoms with E-state index in [9.17, 15) is 4.79 Å². The minimum atomic E-state index is -0.144. The zero-order chi connectivity index (χ0) is 23.7. The van der Waals surface area contributed by atoms with Gasteiger partial charge in [0.1, 0.15) is 11.3 Å². The second-order valence-corrected chi connectivity index (χ2v) is 9.77. The number of piperidine rings is 1. The molecule has 5 heteroatoms. The average molecular weight is 473 g/mol. The van der Waals surface area contributed by atoms with Crippen molar-refractivity contribution < 1.29 is 9.21 Å². The minimum Gasteiger partial charge on any atom is -0.457 e. The third-order valence-electron chi connectivity index (χ3n) is 6.79. The zero-order valence-electron chi connectivity index (χ0n) is 19.6. The van der Waals surface area contributed by atoms with Crippen molar-refractivity contribution in [3.05, 3.63) is 100 Å². The van der Waals surface area contributed by atoms with Crippen LogP contribution in [0, 0.1) is 12.8 Å². The van der Waals surface area contributed by atoms with E-state index >= 15 is 0 Å². The Morgan fingerprint density at radius 2 is 1.68 bits per heavy atom. The van der Waals surface area contributed by atoms with Gasteiger partial charge in [0.05, 0.1) is 11.7 Å². The van der Waals surface area contributed by atoms with Crippen LogP contribution in [0.4, 0.5) is 5.69 Å². The maximum absolute atomic E-state index is 13.3. The number of benzene rings is 3. The summed E-state index contributed by atoms with van der Waals surface area (Å²) < 4.78 is 6.49. The van der Waals surface area contributed by atoms with Crippen molar-refractivity contribution in [1.82, 2.24) is 4.90 Å². The van der Waals surface area contributed by atoms with E-state index in [1.54, 1.807) is 0 Å². The van der Waals surface area contributed by atoms with Crippen LogP contribution >= 0.6 is 11.6 Å². The quantitative estimate of drug-likeness (QED) is 0.327. The Kier molecular flexibility index (Phi) is 6.44. The van der Waals surface area contributed by atoms with Gasteiger partial charge in [0, 0.05) is 16.0 Å². The summed E-state index contributed by atoms with van der Waals surface area (Å²) in [4.78, 5) is 15.7. The van der Waals surface area contributed by atoms with E-state index in [-0.39, 0.29) is 11.9 Å².